The quantitative estimate of drug-likeness (QED) is 0.370. The van der Waals surface area contributed by atoms with E-state index in [0.717, 1.165) is 16.9 Å². The lowest BCUT2D eigenvalue weighted by Gasteiger charge is -2.25. The van der Waals surface area contributed by atoms with Gasteiger partial charge in [-0.3, -0.25) is 9.59 Å². The lowest BCUT2D eigenvalue weighted by molar-refractivity contribution is 0.0600. The molecule has 2 heterocycles. The van der Waals surface area contributed by atoms with Crippen LogP contribution in [0.4, 0.5) is 0 Å². The molecule has 1 aromatic heterocycles. The van der Waals surface area contributed by atoms with Gasteiger partial charge in [-0.2, -0.15) is 0 Å². The first-order valence-corrected chi connectivity index (χ1v) is 11.6. The van der Waals surface area contributed by atoms with Crippen molar-refractivity contribution in [2.45, 2.75) is 19.4 Å². The largest absolute Gasteiger partial charge is 0.497 e. The molecule has 36 heavy (non-hydrogen) atoms. The Labute approximate surface area is 207 Å². The Morgan fingerprint density at radius 3 is 2.36 bits per heavy atom. The zero-order valence-corrected chi connectivity index (χ0v) is 20.2. The van der Waals surface area contributed by atoms with Gasteiger partial charge in [0.1, 0.15) is 11.3 Å². The molecule has 1 aliphatic rings. The third-order valence-corrected chi connectivity index (χ3v) is 6.57. The number of ether oxygens (including phenoxy) is 2. The van der Waals surface area contributed by atoms with E-state index in [1.807, 2.05) is 37.3 Å². The number of nitrogens with zero attached hydrogens (tertiary/aromatic N) is 1. The molecule has 1 amide bonds. The highest BCUT2D eigenvalue weighted by Crippen LogP contribution is 2.38. The van der Waals surface area contributed by atoms with Crippen LogP contribution < -0.4 is 10.2 Å². The van der Waals surface area contributed by atoms with E-state index in [1.165, 1.54) is 7.11 Å². The standard InChI is InChI=1S/C29H25NO6/c1-17-4-13-23-22(16-17)26(31)24-25(19-7-9-20(10-8-19)29(33)35-3)30(28(32)27(24)36-23)15-14-18-5-11-21(34-2)12-6-18/h4-13,16,25H,14-15H2,1-3H3/t25-/m1/s1. The van der Waals surface area contributed by atoms with Crippen LogP contribution in [0.15, 0.2) is 75.9 Å². The fraction of sp³-hybridized carbons (Fsp3) is 0.207. The number of methoxy groups -OCH3 is 2. The van der Waals surface area contributed by atoms with Crippen LogP contribution in [0.1, 0.15) is 49.2 Å². The molecule has 3 aromatic carbocycles. The number of amides is 1. The number of hydrogen-bond acceptors (Lipinski definition) is 6. The van der Waals surface area contributed by atoms with Crippen LogP contribution in [0.25, 0.3) is 11.0 Å². The molecule has 0 unspecified atom stereocenters. The summed E-state index contributed by atoms with van der Waals surface area (Å²) >= 11 is 0. The average molecular weight is 484 g/mol. The van der Waals surface area contributed by atoms with Gasteiger partial charge in [0.2, 0.25) is 5.76 Å². The number of carbonyl (C=O) groups excluding carboxylic acids is 2. The molecule has 182 valence electrons. The van der Waals surface area contributed by atoms with Crippen molar-refractivity contribution in [3.8, 4) is 5.75 Å². The smallest absolute Gasteiger partial charge is 0.337 e. The van der Waals surface area contributed by atoms with Crippen LogP contribution in [0.3, 0.4) is 0 Å². The summed E-state index contributed by atoms with van der Waals surface area (Å²) in [6, 6.07) is 19.1. The number of fused-ring (bicyclic) bond motifs is 2. The van der Waals surface area contributed by atoms with E-state index in [1.54, 1.807) is 48.4 Å². The molecule has 4 aromatic rings. The summed E-state index contributed by atoms with van der Waals surface area (Å²) in [5.41, 5.74) is 3.53. The number of rotatable bonds is 6. The molecule has 0 spiro atoms. The third kappa shape index (κ3) is 4.02. The number of esters is 1. The molecule has 0 radical (unpaired) electrons. The van der Waals surface area contributed by atoms with E-state index in [4.69, 9.17) is 13.9 Å². The summed E-state index contributed by atoms with van der Waals surface area (Å²) in [6.07, 6.45) is 0.577. The second-order valence-corrected chi connectivity index (χ2v) is 8.79. The predicted octanol–water partition coefficient (Wildman–Crippen LogP) is 4.68. The molecule has 7 heteroatoms. The molecule has 1 atom stereocenters. The van der Waals surface area contributed by atoms with Crippen molar-refractivity contribution in [2.75, 3.05) is 20.8 Å². The SMILES string of the molecule is COC(=O)c1ccc([C@@H]2c3c(oc4ccc(C)cc4c3=O)C(=O)N2CCc2ccc(OC)cc2)cc1. The van der Waals surface area contributed by atoms with Crippen LogP contribution >= 0.6 is 0 Å². The maximum Gasteiger partial charge on any atom is 0.337 e. The molecule has 0 N–H and O–H groups in total. The first kappa shape index (κ1) is 23.4. The Balaban J connectivity index is 1.59. The number of hydrogen-bond donors (Lipinski definition) is 0. The third-order valence-electron chi connectivity index (χ3n) is 6.57. The predicted molar refractivity (Wildman–Crippen MR) is 135 cm³/mol. The van der Waals surface area contributed by atoms with Crippen molar-refractivity contribution in [1.82, 2.24) is 4.90 Å². The highest BCUT2D eigenvalue weighted by molar-refractivity contribution is 5.99. The molecule has 0 bridgehead atoms. The maximum absolute atomic E-state index is 13.7. The van der Waals surface area contributed by atoms with Gasteiger partial charge in [-0.15, -0.1) is 0 Å². The minimum atomic E-state index is -0.640. The monoisotopic (exact) mass is 483 g/mol. The van der Waals surface area contributed by atoms with E-state index >= 15 is 0 Å². The molecule has 0 fully saturated rings. The molecule has 0 saturated carbocycles. The van der Waals surface area contributed by atoms with Crippen LogP contribution in [-0.2, 0) is 11.2 Å². The summed E-state index contributed by atoms with van der Waals surface area (Å²) in [7, 11) is 2.93. The van der Waals surface area contributed by atoms with Gasteiger partial charge in [-0.05, 0) is 60.9 Å². The van der Waals surface area contributed by atoms with Gasteiger partial charge in [-0.1, -0.05) is 35.9 Å². The van der Waals surface area contributed by atoms with Crippen LogP contribution in [0.2, 0.25) is 0 Å². The van der Waals surface area contributed by atoms with Crippen molar-refractivity contribution in [3.05, 3.63) is 111 Å². The molecule has 5 rings (SSSR count). The van der Waals surface area contributed by atoms with E-state index in [9.17, 15) is 14.4 Å². The van der Waals surface area contributed by atoms with Crippen molar-refractivity contribution in [1.29, 1.82) is 0 Å². The van der Waals surface area contributed by atoms with Crippen molar-refractivity contribution in [3.63, 3.8) is 0 Å². The van der Waals surface area contributed by atoms with Crippen LogP contribution in [-0.4, -0.2) is 37.5 Å². The first-order valence-electron chi connectivity index (χ1n) is 11.6. The molecular weight excluding hydrogens is 458 g/mol. The van der Waals surface area contributed by atoms with Gasteiger partial charge in [0.25, 0.3) is 5.91 Å². The molecule has 1 aliphatic heterocycles. The van der Waals surface area contributed by atoms with E-state index in [2.05, 4.69) is 0 Å². The van der Waals surface area contributed by atoms with Gasteiger partial charge >= 0.3 is 5.97 Å². The van der Waals surface area contributed by atoms with Gasteiger partial charge in [0.05, 0.1) is 36.8 Å². The number of carbonyl (C=O) groups is 2. The first-order chi connectivity index (χ1) is 17.4. The lowest BCUT2D eigenvalue weighted by Crippen LogP contribution is -2.31. The minimum absolute atomic E-state index is 0.0631. The van der Waals surface area contributed by atoms with Crippen molar-refractivity contribution >= 4 is 22.8 Å². The summed E-state index contributed by atoms with van der Waals surface area (Å²) in [5, 5.41) is 0.440. The second kappa shape index (κ2) is 9.34. The van der Waals surface area contributed by atoms with E-state index in [-0.39, 0.29) is 17.1 Å². The normalized spacial score (nSPS) is 14.7. The van der Waals surface area contributed by atoms with Gasteiger partial charge in [-0.25, -0.2) is 4.79 Å². The average Bonchev–Trinajstić information content (AvgIpc) is 3.19. The molecule has 0 aliphatic carbocycles. The summed E-state index contributed by atoms with van der Waals surface area (Å²) < 4.78 is 16.0. The summed E-state index contributed by atoms with van der Waals surface area (Å²) in [6.45, 7) is 2.27. The minimum Gasteiger partial charge on any atom is -0.497 e. The van der Waals surface area contributed by atoms with Crippen molar-refractivity contribution < 1.29 is 23.5 Å². The Hall–Kier alpha value is -4.39. The lowest BCUT2D eigenvalue weighted by atomic mass is 9.97. The highest BCUT2D eigenvalue weighted by Gasteiger charge is 2.42. The maximum atomic E-state index is 13.7. The Bertz CT molecular complexity index is 1520. The van der Waals surface area contributed by atoms with Crippen LogP contribution in [0, 0.1) is 6.92 Å². The van der Waals surface area contributed by atoms with Gasteiger partial charge < -0.3 is 18.8 Å². The van der Waals surface area contributed by atoms with Gasteiger partial charge in [0.15, 0.2) is 5.43 Å². The molecule has 7 nitrogen and oxygen atoms in total. The van der Waals surface area contributed by atoms with Crippen LogP contribution in [0.5, 0.6) is 5.75 Å². The van der Waals surface area contributed by atoms with E-state index < -0.39 is 12.0 Å². The molecular formula is C29H25NO6. The number of benzene rings is 3. The van der Waals surface area contributed by atoms with Crippen molar-refractivity contribution in [2.24, 2.45) is 0 Å². The Morgan fingerprint density at radius 1 is 0.972 bits per heavy atom. The summed E-state index contributed by atoms with van der Waals surface area (Å²) in [4.78, 5) is 40.9. The zero-order valence-electron chi connectivity index (χ0n) is 20.2. The Kier molecular flexibility index (Phi) is 6.06. The summed E-state index contributed by atoms with van der Waals surface area (Å²) in [5.74, 6) is 0.0267. The van der Waals surface area contributed by atoms with E-state index in [0.29, 0.717) is 40.6 Å². The van der Waals surface area contributed by atoms with Gasteiger partial charge in [0, 0.05) is 6.54 Å². The molecule has 0 saturated heterocycles. The zero-order chi connectivity index (χ0) is 25.4. The fourth-order valence-corrected chi connectivity index (χ4v) is 4.67. The highest BCUT2D eigenvalue weighted by atomic mass is 16.5. The second-order valence-electron chi connectivity index (χ2n) is 8.79. The Morgan fingerprint density at radius 2 is 1.69 bits per heavy atom. The fourth-order valence-electron chi connectivity index (χ4n) is 4.67. The topological polar surface area (TPSA) is 86.0 Å². The number of aryl methyl sites for hydroxylation is 1.